The van der Waals surface area contributed by atoms with Gasteiger partial charge in [-0.15, -0.1) is 0 Å². The van der Waals surface area contributed by atoms with E-state index >= 15 is 0 Å². The molecular weight excluding hydrogens is 596 g/mol. The van der Waals surface area contributed by atoms with E-state index in [1.807, 2.05) is 115 Å². The summed E-state index contributed by atoms with van der Waals surface area (Å²) >= 11 is 0. The summed E-state index contributed by atoms with van der Waals surface area (Å²) in [6.07, 6.45) is 0. The molecule has 6 heteroatoms. The number of rotatable bonds is 11. The van der Waals surface area contributed by atoms with Gasteiger partial charge in [-0.25, -0.2) is 9.59 Å². The molecule has 0 aliphatic heterocycles. The van der Waals surface area contributed by atoms with E-state index in [9.17, 15) is 9.59 Å². The first-order valence-corrected chi connectivity index (χ1v) is 16.0. The molecule has 0 saturated heterocycles. The maximum atomic E-state index is 13.5. The third-order valence-electron chi connectivity index (χ3n) is 7.90. The fourth-order valence-electron chi connectivity index (χ4n) is 5.78. The van der Waals surface area contributed by atoms with Crippen LogP contribution >= 0.6 is 0 Å². The van der Waals surface area contributed by atoms with Crippen LogP contribution in [0.1, 0.15) is 34.6 Å². The molecule has 0 atom stereocenters. The Morgan fingerprint density at radius 2 is 0.917 bits per heavy atom. The highest BCUT2D eigenvalue weighted by molar-refractivity contribution is 6.10. The summed E-state index contributed by atoms with van der Waals surface area (Å²) in [6, 6.07) is 47.0. The van der Waals surface area contributed by atoms with Gasteiger partial charge in [-0.3, -0.25) is 0 Å². The predicted molar refractivity (Wildman–Crippen MR) is 194 cm³/mol. The van der Waals surface area contributed by atoms with E-state index < -0.39 is 11.9 Å². The van der Waals surface area contributed by atoms with Gasteiger partial charge < -0.3 is 20.1 Å². The molecule has 6 nitrogen and oxygen atoms in total. The van der Waals surface area contributed by atoms with Crippen LogP contribution in [-0.4, -0.2) is 25.2 Å². The topological polar surface area (TPSA) is 76.7 Å². The third-order valence-corrected chi connectivity index (χ3v) is 7.90. The minimum atomic E-state index is -0.426. The van der Waals surface area contributed by atoms with Crippen molar-refractivity contribution in [2.45, 2.75) is 13.8 Å². The van der Waals surface area contributed by atoms with E-state index in [-0.39, 0.29) is 13.2 Å². The van der Waals surface area contributed by atoms with Gasteiger partial charge in [0.1, 0.15) is 0 Å². The first-order chi connectivity index (χ1) is 23.6. The molecule has 6 aromatic rings. The van der Waals surface area contributed by atoms with Gasteiger partial charge in [0, 0.05) is 33.9 Å². The van der Waals surface area contributed by atoms with Gasteiger partial charge in [0.2, 0.25) is 0 Å². The Kier molecular flexibility index (Phi) is 9.92. The minimum Gasteiger partial charge on any atom is -0.462 e. The quantitative estimate of drug-likeness (QED) is 0.138. The van der Waals surface area contributed by atoms with Crippen molar-refractivity contribution >= 4 is 34.7 Å². The molecule has 0 fully saturated rings. The van der Waals surface area contributed by atoms with E-state index in [1.165, 1.54) is 0 Å². The summed E-state index contributed by atoms with van der Waals surface area (Å²) in [5.41, 5.74) is 9.11. The highest BCUT2D eigenvalue weighted by Gasteiger charge is 2.26. The Morgan fingerprint density at radius 3 is 1.46 bits per heavy atom. The summed E-state index contributed by atoms with van der Waals surface area (Å²) in [5.74, 6) is -0.849. The first kappa shape index (κ1) is 31.8. The standard InChI is InChI=1S/C42H36N2O4/c1-3-47-41(45)36-21-13-11-19-34(36)39-33(29-23-25-32(26-24-29)43-30-15-7-5-8-16-30)27-28-38(44-31-17-9-6-10-18-31)40(39)35-20-12-14-22-37(35)42(46)48-4-2/h5-28,43-44H,3-4H2,1-2H3. The highest BCUT2D eigenvalue weighted by Crippen LogP contribution is 2.47. The molecule has 6 aromatic carbocycles. The zero-order chi connectivity index (χ0) is 33.3. The van der Waals surface area contributed by atoms with E-state index in [0.29, 0.717) is 22.3 Å². The van der Waals surface area contributed by atoms with Crippen molar-refractivity contribution in [3.05, 3.63) is 157 Å². The van der Waals surface area contributed by atoms with Crippen molar-refractivity contribution in [3.63, 3.8) is 0 Å². The van der Waals surface area contributed by atoms with Gasteiger partial charge in [0.25, 0.3) is 0 Å². The second-order valence-corrected chi connectivity index (χ2v) is 11.0. The first-order valence-electron chi connectivity index (χ1n) is 16.0. The molecule has 0 spiro atoms. The molecular formula is C42H36N2O4. The Balaban J connectivity index is 1.64. The van der Waals surface area contributed by atoms with E-state index in [4.69, 9.17) is 9.47 Å². The Labute approximate surface area is 281 Å². The van der Waals surface area contributed by atoms with Crippen molar-refractivity contribution in [1.29, 1.82) is 0 Å². The zero-order valence-corrected chi connectivity index (χ0v) is 26.9. The molecule has 6 rings (SSSR count). The van der Waals surface area contributed by atoms with Crippen LogP contribution in [0.15, 0.2) is 146 Å². The Bertz CT molecular complexity index is 2020. The van der Waals surface area contributed by atoms with Gasteiger partial charge in [-0.05, 0) is 90.7 Å². The van der Waals surface area contributed by atoms with E-state index in [0.717, 1.165) is 45.0 Å². The number of carbonyl (C=O) groups excluding carboxylic acids is 2. The number of esters is 2. The molecule has 0 amide bonds. The van der Waals surface area contributed by atoms with Crippen LogP contribution in [0.5, 0.6) is 0 Å². The Morgan fingerprint density at radius 1 is 0.458 bits per heavy atom. The SMILES string of the molecule is CCOC(=O)c1ccccc1-c1c(Nc2ccccc2)ccc(-c2ccc(Nc3ccccc3)cc2)c1-c1ccccc1C(=O)OCC. The third kappa shape index (κ3) is 6.98. The lowest BCUT2D eigenvalue weighted by Gasteiger charge is -2.23. The fourth-order valence-corrected chi connectivity index (χ4v) is 5.78. The van der Waals surface area contributed by atoms with Crippen molar-refractivity contribution in [2.24, 2.45) is 0 Å². The number of benzene rings is 6. The minimum absolute atomic E-state index is 0.240. The van der Waals surface area contributed by atoms with Gasteiger partial charge in [-0.1, -0.05) is 91.0 Å². The number of hydrogen-bond acceptors (Lipinski definition) is 6. The molecule has 0 aliphatic carbocycles. The molecule has 2 N–H and O–H groups in total. The number of para-hydroxylation sites is 2. The molecule has 0 aliphatic rings. The van der Waals surface area contributed by atoms with Crippen molar-refractivity contribution < 1.29 is 19.1 Å². The molecule has 0 aromatic heterocycles. The molecule has 0 bridgehead atoms. The molecule has 0 saturated carbocycles. The van der Waals surface area contributed by atoms with Crippen LogP contribution in [0, 0.1) is 0 Å². The van der Waals surface area contributed by atoms with Crippen LogP contribution in [0.4, 0.5) is 22.7 Å². The average Bonchev–Trinajstić information content (AvgIpc) is 3.13. The lowest BCUT2D eigenvalue weighted by molar-refractivity contribution is 0.0517. The lowest BCUT2D eigenvalue weighted by atomic mass is 9.83. The zero-order valence-electron chi connectivity index (χ0n) is 26.9. The molecule has 238 valence electrons. The van der Waals surface area contributed by atoms with Crippen LogP contribution in [-0.2, 0) is 9.47 Å². The predicted octanol–water partition coefficient (Wildman–Crippen LogP) is 10.5. The van der Waals surface area contributed by atoms with Crippen LogP contribution in [0.3, 0.4) is 0 Å². The van der Waals surface area contributed by atoms with Gasteiger partial charge in [0.15, 0.2) is 0 Å². The molecule has 0 radical (unpaired) electrons. The number of hydrogen-bond donors (Lipinski definition) is 2. The average molecular weight is 633 g/mol. The van der Waals surface area contributed by atoms with E-state index in [1.54, 1.807) is 26.0 Å². The fraction of sp³-hybridized carbons (Fsp3) is 0.0952. The summed E-state index contributed by atoms with van der Waals surface area (Å²) in [7, 11) is 0. The molecule has 0 heterocycles. The van der Waals surface area contributed by atoms with E-state index in [2.05, 4.69) is 28.8 Å². The highest BCUT2D eigenvalue weighted by atomic mass is 16.5. The van der Waals surface area contributed by atoms with Crippen LogP contribution < -0.4 is 10.6 Å². The second-order valence-electron chi connectivity index (χ2n) is 11.0. The molecule has 48 heavy (non-hydrogen) atoms. The maximum absolute atomic E-state index is 13.5. The van der Waals surface area contributed by atoms with Crippen LogP contribution in [0.25, 0.3) is 33.4 Å². The van der Waals surface area contributed by atoms with Gasteiger partial charge in [0.05, 0.1) is 24.3 Å². The van der Waals surface area contributed by atoms with Crippen molar-refractivity contribution in [2.75, 3.05) is 23.8 Å². The summed E-state index contributed by atoms with van der Waals surface area (Å²) in [5, 5.41) is 7.04. The largest absolute Gasteiger partial charge is 0.462 e. The second kappa shape index (κ2) is 15.0. The Hall–Kier alpha value is -6.14. The van der Waals surface area contributed by atoms with Crippen molar-refractivity contribution in [3.8, 4) is 33.4 Å². The van der Waals surface area contributed by atoms with Crippen molar-refractivity contribution in [1.82, 2.24) is 0 Å². The summed E-state index contributed by atoms with van der Waals surface area (Å²) in [6.45, 7) is 4.07. The number of carbonyl (C=O) groups is 2. The molecule has 0 unspecified atom stereocenters. The lowest BCUT2D eigenvalue weighted by Crippen LogP contribution is -2.09. The van der Waals surface area contributed by atoms with Gasteiger partial charge in [-0.2, -0.15) is 0 Å². The summed E-state index contributed by atoms with van der Waals surface area (Å²) < 4.78 is 11.1. The van der Waals surface area contributed by atoms with Gasteiger partial charge >= 0.3 is 11.9 Å². The normalized spacial score (nSPS) is 10.6. The van der Waals surface area contributed by atoms with Crippen LogP contribution in [0.2, 0.25) is 0 Å². The monoisotopic (exact) mass is 632 g/mol. The number of ether oxygens (including phenoxy) is 2. The summed E-state index contributed by atoms with van der Waals surface area (Å²) in [4.78, 5) is 26.9. The smallest absolute Gasteiger partial charge is 0.338 e. The number of anilines is 4. The maximum Gasteiger partial charge on any atom is 0.338 e. The number of nitrogens with one attached hydrogen (secondary N) is 2.